The van der Waals surface area contributed by atoms with E-state index in [0.29, 0.717) is 19.1 Å². The summed E-state index contributed by atoms with van der Waals surface area (Å²) in [5.41, 5.74) is 0. The highest BCUT2D eigenvalue weighted by atomic mass is 32.3. The summed E-state index contributed by atoms with van der Waals surface area (Å²) in [5.74, 6) is 0. The Morgan fingerprint density at radius 3 is 2.17 bits per heavy atom. The van der Waals surface area contributed by atoms with E-state index in [4.69, 9.17) is 0 Å². The minimum atomic E-state index is -3.67. The molecule has 0 aromatic rings. The highest BCUT2D eigenvalue weighted by Gasteiger charge is 2.30. The van der Waals surface area contributed by atoms with Gasteiger partial charge in [-0.25, -0.2) is 21.1 Å². The lowest BCUT2D eigenvalue weighted by Crippen LogP contribution is -2.46. The van der Waals surface area contributed by atoms with Gasteiger partial charge in [0.2, 0.25) is 10.0 Å². The van der Waals surface area contributed by atoms with Gasteiger partial charge in [0, 0.05) is 25.4 Å². The summed E-state index contributed by atoms with van der Waals surface area (Å²) in [4.78, 5) is 0. The quantitative estimate of drug-likeness (QED) is 0.733. The molecule has 1 N–H and O–H groups in total. The van der Waals surface area contributed by atoms with E-state index < -0.39 is 24.9 Å². The van der Waals surface area contributed by atoms with Gasteiger partial charge in [-0.1, -0.05) is 6.92 Å². The van der Waals surface area contributed by atoms with E-state index in [2.05, 4.69) is 12.2 Å². The Balaban J connectivity index is 2.52. The lowest BCUT2D eigenvalue weighted by Gasteiger charge is -2.31. The van der Waals surface area contributed by atoms with E-state index in [1.54, 1.807) is 0 Å². The van der Waals surface area contributed by atoms with Crippen LogP contribution in [0.2, 0.25) is 0 Å². The third kappa shape index (κ3) is 5.21. The van der Waals surface area contributed by atoms with E-state index in [0.717, 1.165) is 32.1 Å². The van der Waals surface area contributed by atoms with Crippen LogP contribution in [0.15, 0.2) is 0 Å². The van der Waals surface area contributed by atoms with Gasteiger partial charge in [0.05, 0.1) is 0 Å². The van der Waals surface area contributed by atoms with Crippen molar-refractivity contribution in [2.24, 2.45) is 0 Å². The molecular formula is C10H22N2O4S2. The predicted molar refractivity (Wildman–Crippen MR) is 71.5 cm³/mol. The monoisotopic (exact) mass is 298 g/mol. The molecule has 0 radical (unpaired) electrons. The molecule has 108 valence electrons. The largest absolute Gasteiger partial charge is 0.314 e. The number of sulfonamides is 1. The fraction of sp³-hybridized carbons (Fsp3) is 1.00. The number of nitrogens with zero attached hydrogens (tertiary/aromatic N) is 1. The highest BCUT2D eigenvalue weighted by Crippen LogP contribution is 2.15. The van der Waals surface area contributed by atoms with Crippen LogP contribution in [0.4, 0.5) is 0 Å². The van der Waals surface area contributed by atoms with Gasteiger partial charge in [-0.05, 0) is 25.8 Å². The fourth-order valence-electron chi connectivity index (χ4n) is 2.03. The highest BCUT2D eigenvalue weighted by molar-refractivity contribution is 8.06. The summed E-state index contributed by atoms with van der Waals surface area (Å²) < 4.78 is 47.1. The molecule has 0 aliphatic carbocycles. The normalized spacial score (nSPS) is 20.1. The fourth-order valence-corrected chi connectivity index (χ4v) is 5.56. The first kappa shape index (κ1) is 15.9. The van der Waals surface area contributed by atoms with Crippen molar-refractivity contribution in [3.8, 4) is 0 Å². The van der Waals surface area contributed by atoms with Crippen molar-refractivity contribution in [1.82, 2.24) is 9.62 Å². The SMILES string of the molecule is CCCNC1CCN(S(=O)(=O)CS(C)(=O)=O)CC1. The van der Waals surface area contributed by atoms with Crippen LogP contribution in [0.5, 0.6) is 0 Å². The summed E-state index contributed by atoms with van der Waals surface area (Å²) in [5, 5.41) is 2.57. The smallest absolute Gasteiger partial charge is 0.228 e. The van der Waals surface area contributed by atoms with Gasteiger partial charge in [-0.15, -0.1) is 0 Å². The summed E-state index contributed by atoms with van der Waals surface area (Å²) in [7, 11) is -7.17. The lowest BCUT2D eigenvalue weighted by atomic mass is 10.1. The lowest BCUT2D eigenvalue weighted by molar-refractivity contribution is 0.291. The first-order valence-electron chi connectivity index (χ1n) is 6.13. The van der Waals surface area contributed by atoms with Crippen molar-refractivity contribution in [3.05, 3.63) is 0 Å². The predicted octanol–water partition coefficient (Wildman–Crippen LogP) is -0.218. The molecule has 0 bridgehead atoms. The number of piperidine rings is 1. The standard InChI is InChI=1S/C10H22N2O4S2/c1-3-6-11-10-4-7-12(8-5-10)18(15,16)9-17(2,13)14/h10-11H,3-9H2,1-2H3. The Morgan fingerprint density at radius 2 is 1.72 bits per heavy atom. The van der Waals surface area contributed by atoms with E-state index in [1.165, 1.54) is 4.31 Å². The van der Waals surface area contributed by atoms with Crippen molar-refractivity contribution in [3.63, 3.8) is 0 Å². The molecule has 1 fully saturated rings. The summed E-state index contributed by atoms with van der Waals surface area (Å²) in [6.07, 6.45) is 3.47. The minimum absolute atomic E-state index is 0.342. The van der Waals surface area contributed by atoms with Gasteiger partial charge in [0.1, 0.15) is 0 Å². The Morgan fingerprint density at radius 1 is 1.17 bits per heavy atom. The third-order valence-electron chi connectivity index (χ3n) is 2.89. The van der Waals surface area contributed by atoms with Crippen LogP contribution in [0.3, 0.4) is 0 Å². The van der Waals surface area contributed by atoms with Crippen LogP contribution in [0.25, 0.3) is 0 Å². The molecule has 1 aliphatic rings. The first-order valence-corrected chi connectivity index (χ1v) is 9.80. The van der Waals surface area contributed by atoms with Crippen LogP contribution >= 0.6 is 0 Å². The van der Waals surface area contributed by atoms with Gasteiger partial charge in [0.15, 0.2) is 14.9 Å². The van der Waals surface area contributed by atoms with Crippen molar-refractivity contribution in [2.75, 3.05) is 31.0 Å². The number of hydrogen-bond donors (Lipinski definition) is 1. The summed E-state index contributed by atoms with van der Waals surface area (Å²) >= 11 is 0. The van der Waals surface area contributed by atoms with Crippen LogP contribution < -0.4 is 5.32 Å². The van der Waals surface area contributed by atoms with E-state index in [9.17, 15) is 16.8 Å². The van der Waals surface area contributed by atoms with Gasteiger partial charge in [0.25, 0.3) is 0 Å². The average Bonchev–Trinajstić information content (AvgIpc) is 2.23. The molecule has 0 aromatic carbocycles. The molecule has 0 atom stereocenters. The number of hydrogen-bond acceptors (Lipinski definition) is 5. The van der Waals surface area contributed by atoms with Gasteiger partial charge in [-0.2, -0.15) is 0 Å². The topological polar surface area (TPSA) is 83.6 Å². The molecule has 0 spiro atoms. The molecule has 18 heavy (non-hydrogen) atoms. The Kier molecular flexibility index (Phi) is 5.57. The molecule has 1 heterocycles. The molecule has 0 saturated carbocycles. The Hall–Kier alpha value is -0.180. The van der Waals surface area contributed by atoms with Gasteiger partial charge < -0.3 is 5.32 Å². The van der Waals surface area contributed by atoms with Crippen molar-refractivity contribution < 1.29 is 16.8 Å². The zero-order chi connectivity index (χ0) is 13.8. The summed E-state index contributed by atoms with van der Waals surface area (Å²) in [6.45, 7) is 3.82. The first-order chi connectivity index (χ1) is 8.24. The maximum Gasteiger partial charge on any atom is 0.228 e. The van der Waals surface area contributed by atoms with E-state index in [1.807, 2.05) is 0 Å². The molecule has 0 unspecified atom stereocenters. The molecule has 1 saturated heterocycles. The van der Waals surface area contributed by atoms with Gasteiger partial charge in [-0.3, -0.25) is 0 Å². The molecule has 1 aliphatic heterocycles. The molecule has 0 aromatic heterocycles. The van der Waals surface area contributed by atoms with E-state index >= 15 is 0 Å². The molecule has 8 heteroatoms. The zero-order valence-electron chi connectivity index (χ0n) is 10.9. The zero-order valence-corrected chi connectivity index (χ0v) is 12.6. The maximum atomic E-state index is 11.8. The van der Waals surface area contributed by atoms with E-state index in [-0.39, 0.29) is 0 Å². The van der Waals surface area contributed by atoms with Crippen LogP contribution in [0, 0.1) is 0 Å². The molecule has 6 nitrogen and oxygen atoms in total. The number of sulfone groups is 1. The minimum Gasteiger partial charge on any atom is -0.314 e. The second-order valence-corrected chi connectivity index (χ2v) is 9.26. The van der Waals surface area contributed by atoms with Crippen molar-refractivity contribution >= 4 is 19.9 Å². The van der Waals surface area contributed by atoms with Crippen LogP contribution in [-0.4, -0.2) is 58.2 Å². The summed E-state index contributed by atoms with van der Waals surface area (Å²) in [6, 6.07) is 0.342. The third-order valence-corrected chi connectivity index (χ3v) is 6.95. The number of nitrogens with one attached hydrogen (secondary N) is 1. The Bertz CT molecular complexity index is 450. The maximum absolute atomic E-state index is 11.8. The van der Waals surface area contributed by atoms with Crippen LogP contribution in [-0.2, 0) is 19.9 Å². The number of rotatable bonds is 6. The van der Waals surface area contributed by atoms with Gasteiger partial charge >= 0.3 is 0 Å². The molecular weight excluding hydrogens is 276 g/mol. The second-order valence-electron chi connectivity index (χ2n) is 4.78. The van der Waals surface area contributed by atoms with Crippen molar-refractivity contribution in [1.29, 1.82) is 0 Å². The molecule has 0 amide bonds. The second kappa shape index (κ2) is 6.31. The van der Waals surface area contributed by atoms with Crippen LogP contribution in [0.1, 0.15) is 26.2 Å². The Labute approximate surface area is 110 Å². The van der Waals surface area contributed by atoms with Crippen molar-refractivity contribution in [2.45, 2.75) is 32.2 Å². The molecule has 1 rings (SSSR count). The average molecular weight is 298 g/mol.